The lowest BCUT2D eigenvalue weighted by atomic mass is 10.0. The maximum absolute atomic E-state index is 15.6. The number of rotatable bonds is 9. The van der Waals surface area contributed by atoms with Crippen molar-refractivity contribution in [3.05, 3.63) is 119 Å². The first-order chi connectivity index (χ1) is 23.3. The fourth-order valence-corrected chi connectivity index (χ4v) is 5.27. The van der Waals surface area contributed by atoms with Crippen molar-refractivity contribution in [1.82, 2.24) is 34.3 Å². The number of halogens is 2. The number of carboxylic acids is 1. The van der Waals surface area contributed by atoms with E-state index in [0.717, 1.165) is 24.1 Å². The first-order valence-electron chi connectivity index (χ1n) is 15.0. The Hall–Kier alpha value is -6.00. The molecule has 0 spiro atoms. The molecule has 5 heterocycles. The van der Waals surface area contributed by atoms with Crippen LogP contribution in [0.25, 0.3) is 22.3 Å². The highest BCUT2D eigenvalue weighted by molar-refractivity contribution is 5.92. The quantitative estimate of drug-likeness (QED) is 0.217. The predicted octanol–water partition coefficient (Wildman–Crippen LogP) is 4.96. The van der Waals surface area contributed by atoms with Gasteiger partial charge in [0.2, 0.25) is 5.88 Å². The molecule has 0 radical (unpaired) electrons. The Morgan fingerprint density at radius 3 is 2.58 bits per heavy atom. The van der Waals surface area contributed by atoms with Gasteiger partial charge in [0.1, 0.15) is 24.1 Å². The second kappa shape index (κ2) is 13.0. The third kappa shape index (κ3) is 6.60. The zero-order valence-electron chi connectivity index (χ0n) is 25.6. The van der Waals surface area contributed by atoms with Crippen LogP contribution in [-0.4, -0.2) is 58.1 Å². The van der Waals surface area contributed by atoms with Crippen LogP contribution in [0.2, 0.25) is 0 Å². The molecule has 0 aliphatic carbocycles. The monoisotopic (exact) mass is 647 g/mol. The number of aromatic carboxylic acids is 1. The topological polar surface area (TPSA) is 130 Å². The Bertz CT molecular complexity index is 2220. The highest BCUT2D eigenvalue weighted by Crippen LogP contribution is 2.29. The summed E-state index contributed by atoms with van der Waals surface area (Å²) in [6.45, 7) is 1.06. The van der Waals surface area contributed by atoms with E-state index >= 15 is 8.78 Å². The fourth-order valence-electron chi connectivity index (χ4n) is 5.27. The van der Waals surface area contributed by atoms with Crippen molar-refractivity contribution >= 4 is 17.0 Å². The number of aryl methyl sites for hydroxylation is 1. The van der Waals surface area contributed by atoms with E-state index in [0.29, 0.717) is 41.4 Å². The van der Waals surface area contributed by atoms with Crippen molar-refractivity contribution in [3.8, 4) is 29.0 Å². The molecule has 48 heavy (non-hydrogen) atoms. The number of carbonyl (C=O) groups is 1. The second-order valence-corrected chi connectivity index (χ2v) is 11.2. The molecule has 1 aliphatic rings. The Morgan fingerprint density at radius 2 is 1.85 bits per heavy atom. The largest absolute Gasteiger partial charge is 0.478 e. The number of aromatic nitrogens is 7. The molecule has 1 saturated heterocycles. The van der Waals surface area contributed by atoms with Gasteiger partial charge < -0.3 is 19.1 Å². The molecule has 1 fully saturated rings. The summed E-state index contributed by atoms with van der Waals surface area (Å²) in [5, 5.41) is 13.6. The van der Waals surface area contributed by atoms with Crippen molar-refractivity contribution in [3.63, 3.8) is 0 Å². The molecular weight excluding hydrogens is 620 g/mol. The van der Waals surface area contributed by atoms with E-state index in [4.69, 9.17) is 9.47 Å². The van der Waals surface area contributed by atoms with Crippen molar-refractivity contribution < 1.29 is 28.2 Å². The Morgan fingerprint density at radius 1 is 1.04 bits per heavy atom. The summed E-state index contributed by atoms with van der Waals surface area (Å²) >= 11 is 0. The van der Waals surface area contributed by atoms with Crippen LogP contribution in [0.4, 0.5) is 8.78 Å². The van der Waals surface area contributed by atoms with Crippen molar-refractivity contribution in [2.75, 3.05) is 6.61 Å². The minimum absolute atomic E-state index is 0.00338. The van der Waals surface area contributed by atoms with Crippen LogP contribution >= 0.6 is 0 Å². The number of imidazole rings is 1. The van der Waals surface area contributed by atoms with Gasteiger partial charge in [0, 0.05) is 50.3 Å². The van der Waals surface area contributed by atoms with Gasteiger partial charge in [-0.1, -0.05) is 17.9 Å². The van der Waals surface area contributed by atoms with Crippen LogP contribution in [0.5, 0.6) is 5.88 Å². The first kappa shape index (κ1) is 30.6. The molecule has 240 valence electrons. The van der Waals surface area contributed by atoms with Gasteiger partial charge in [0.05, 0.1) is 52.3 Å². The van der Waals surface area contributed by atoms with Crippen molar-refractivity contribution in [1.29, 1.82) is 0 Å². The number of nitrogens with zero attached hydrogens (tertiary/aromatic N) is 7. The van der Waals surface area contributed by atoms with E-state index in [9.17, 15) is 9.90 Å². The molecule has 11 nitrogen and oxygen atoms in total. The predicted molar refractivity (Wildman–Crippen MR) is 169 cm³/mol. The van der Waals surface area contributed by atoms with E-state index in [-0.39, 0.29) is 47.4 Å². The van der Waals surface area contributed by atoms with Crippen LogP contribution in [0, 0.1) is 23.5 Å². The molecule has 1 unspecified atom stereocenters. The van der Waals surface area contributed by atoms with Crippen molar-refractivity contribution in [2.45, 2.75) is 32.1 Å². The van der Waals surface area contributed by atoms with E-state index in [1.165, 1.54) is 12.1 Å². The Balaban J connectivity index is 1.07. The third-order valence-corrected chi connectivity index (χ3v) is 7.85. The molecule has 0 amide bonds. The lowest BCUT2D eigenvalue weighted by molar-refractivity contribution is -0.0589. The third-order valence-electron chi connectivity index (χ3n) is 7.85. The average Bonchev–Trinajstić information content (AvgIpc) is 3.64. The molecule has 1 atom stereocenters. The number of carboxylic acid groups (broad SMARTS) is 1. The van der Waals surface area contributed by atoms with E-state index < -0.39 is 17.6 Å². The minimum Gasteiger partial charge on any atom is -0.478 e. The van der Waals surface area contributed by atoms with Crippen LogP contribution in [0.1, 0.15) is 45.1 Å². The molecule has 6 aromatic rings. The normalized spacial score (nSPS) is 13.9. The summed E-state index contributed by atoms with van der Waals surface area (Å²) in [4.78, 5) is 29.2. The lowest BCUT2D eigenvalue weighted by Crippen LogP contribution is -2.31. The van der Waals surface area contributed by atoms with E-state index in [2.05, 4.69) is 36.9 Å². The average molecular weight is 648 g/mol. The molecule has 0 bridgehead atoms. The van der Waals surface area contributed by atoms with Crippen LogP contribution in [-0.2, 0) is 31.4 Å². The second-order valence-electron chi connectivity index (χ2n) is 11.2. The standard InChI is InChI=1S/C35H27F2N7O4/c1-43-18-22(17-40-43)6-5-21-15-38-32(39-16-21)20-48-34-4-2-3-29(42-34)26-14-27(36)24(11-28(26)37)13-33-41-30-8-7-23(35(45)46)12-31(30)44(33)19-25-9-10-47-25/h2-4,7-8,11-12,14-18,25H,9-10,13,19-20H2,1H3,(H,45,46). The number of ether oxygens (including phenoxy) is 2. The summed E-state index contributed by atoms with van der Waals surface area (Å²) in [6.07, 6.45) is 7.39. The van der Waals surface area contributed by atoms with Gasteiger partial charge in [-0.2, -0.15) is 5.10 Å². The zero-order chi connectivity index (χ0) is 33.2. The number of hydrogen-bond acceptors (Lipinski definition) is 8. The van der Waals surface area contributed by atoms with Crippen molar-refractivity contribution in [2.24, 2.45) is 7.05 Å². The summed E-state index contributed by atoms with van der Waals surface area (Å²) in [6, 6.07) is 11.7. The van der Waals surface area contributed by atoms with Crippen LogP contribution < -0.4 is 4.74 Å². The zero-order valence-corrected chi connectivity index (χ0v) is 25.6. The number of fused-ring (bicyclic) bond motifs is 1. The van der Waals surface area contributed by atoms with Gasteiger partial charge in [0.25, 0.3) is 0 Å². The van der Waals surface area contributed by atoms with Gasteiger partial charge in [-0.3, -0.25) is 4.68 Å². The van der Waals surface area contributed by atoms with Gasteiger partial charge in [-0.15, -0.1) is 0 Å². The van der Waals surface area contributed by atoms with Gasteiger partial charge in [-0.05, 0) is 48.4 Å². The van der Waals surface area contributed by atoms with E-state index in [1.54, 1.807) is 53.7 Å². The van der Waals surface area contributed by atoms with Crippen LogP contribution in [0.15, 0.2) is 73.3 Å². The summed E-state index contributed by atoms with van der Waals surface area (Å²) in [5.41, 5.74) is 2.91. The highest BCUT2D eigenvalue weighted by atomic mass is 19.1. The van der Waals surface area contributed by atoms with E-state index in [1.807, 2.05) is 11.6 Å². The van der Waals surface area contributed by atoms with Gasteiger partial charge in [0.15, 0.2) is 5.82 Å². The maximum Gasteiger partial charge on any atom is 0.335 e. The summed E-state index contributed by atoms with van der Waals surface area (Å²) in [5.74, 6) is 4.65. The highest BCUT2D eigenvalue weighted by Gasteiger charge is 2.24. The number of hydrogen-bond donors (Lipinski definition) is 1. The Labute approximate surface area is 272 Å². The van der Waals surface area contributed by atoms with Gasteiger partial charge >= 0.3 is 5.97 Å². The summed E-state index contributed by atoms with van der Waals surface area (Å²) < 4.78 is 45.9. The first-order valence-corrected chi connectivity index (χ1v) is 15.0. The number of pyridine rings is 1. The molecule has 13 heteroatoms. The number of benzene rings is 2. The van der Waals surface area contributed by atoms with Gasteiger partial charge in [-0.25, -0.2) is 33.5 Å². The molecule has 1 N–H and O–H groups in total. The minimum atomic E-state index is -1.07. The lowest BCUT2D eigenvalue weighted by Gasteiger charge is -2.27. The molecule has 7 rings (SSSR count). The summed E-state index contributed by atoms with van der Waals surface area (Å²) in [7, 11) is 1.81. The molecule has 1 aliphatic heterocycles. The molecular formula is C35H27F2N7O4. The molecule has 0 saturated carbocycles. The molecule has 2 aromatic carbocycles. The smallest absolute Gasteiger partial charge is 0.335 e. The Kier molecular flexibility index (Phi) is 8.31. The maximum atomic E-state index is 15.6. The SMILES string of the molecule is Cn1cc(C#Cc2cnc(COc3cccc(-c4cc(F)c(Cc5nc6ccc(C(=O)O)cc6n5CC5CCO5)cc4F)n3)nc2)cn1. The molecule has 4 aromatic heterocycles. The fraction of sp³-hybridized carbons (Fsp3) is 0.200. The van der Waals surface area contributed by atoms with Crippen LogP contribution in [0.3, 0.4) is 0 Å².